The molecule has 18 heavy (non-hydrogen) atoms. The molecular formula is C14H11BrN2O. The average molecular weight is 303 g/mol. The molecule has 0 atom stereocenters. The average Bonchev–Trinajstić information content (AvgIpc) is 2.37. The highest BCUT2D eigenvalue weighted by Gasteiger charge is 2.01. The Morgan fingerprint density at radius 3 is 2.72 bits per heavy atom. The standard InChI is InChI=1S/C14H11BrN2O/c15-12-5-10(8-16)6-13(7-12)17-9-11-3-1-2-4-14(11)18/h1-7,17-18H,9H2. The largest absolute Gasteiger partial charge is 0.508 e. The van der Waals surface area contributed by atoms with E-state index in [-0.39, 0.29) is 5.75 Å². The first-order chi connectivity index (χ1) is 8.69. The Morgan fingerprint density at radius 1 is 1.22 bits per heavy atom. The predicted molar refractivity (Wildman–Crippen MR) is 74.3 cm³/mol. The highest BCUT2D eigenvalue weighted by molar-refractivity contribution is 9.10. The Bertz CT molecular complexity index is 605. The number of anilines is 1. The number of nitriles is 1. The van der Waals surface area contributed by atoms with E-state index in [1.54, 1.807) is 24.3 Å². The van der Waals surface area contributed by atoms with Crippen LogP contribution in [0.3, 0.4) is 0 Å². The van der Waals surface area contributed by atoms with Crippen LogP contribution in [0.25, 0.3) is 0 Å². The first-order valence-corrected chi connectivity index (χ1v) is 6.20. The Balaban J connectivity index is 2.14. The molecule has 0 saturated heterocycles. The predicted octanol–water partition coefficient (Wildman–Crippen LogP) is 3.64. The maximum absolute atomic E-state index is 9.64. The summed E-state index contributed by atoms with van der Waals surface area (Å²) in [6, 6.07) is 14.7. The van der Waals surface area contributed by atoms with Crippen molar-refractivity contribution in [2.24, 2.45) is 0 Å². The van der Waals surface area contributed by atoms with Crippen LogP contribution in [-0.4, -0.2) is 5.11 Å². The second kappa shape index (κ2) is 5.56. The maximum atomic E-state index is 9.64. The third kappa shape index (κ3) is 3.02. The molecule has 2 aromatic carbocycles. The minimum atomic E-state index is 0.264. The number of phenols is 1. The Hall–Kier alpha value is -1.99. The van der Waals surface area contributed by atoms with Crippen molar-refractivity contribution >= 4 is 21.6 Å². The Kier molecular flexibility index (Phi) is 3.85. The molecule has 0 spiro atoms. The minimum Gasteiger partial charge on any atom is -0.508 e. The molecule has 4 heteroatoms. The van der Waals surface area contributed by atoms with Crippen molar-refractivity contribution < 1.29 is 5.11 Å². The summed E-state index contributed by atoms with van der Waals surface area (Å²) in [5.74, 6) is 0.264. The van der Waals surface area contributed by atoms with Crippen molar-refractivity contribution in [2.75, 3.05) is 5.32 Å². The fourth-order valence-corrected chi connectivity index (χ4v) is 2.11. The summed E-state index contributed by atoms with van der Waals surface area (Å²) in [7, 11) is 0. The van der Waals surface area contributed by atoms with Gasteiger partial charge >= 0.3 is 0 Å². The van der Waals surface area contributed by atoms with Gasteiger partial charge in [0, 0.05) is 22.3 Å². The molecule has 2 rings (SSSR count). The first-order valence-electron chi connectivity index (χ1n) is 5.40. The molecule has 2 N–H and O–H groups in total. The molecule has 0 bridgehead atoms. The van der Waals surface area contributed by atoms with Gasteiger partial charge in [0.1, 0.15) is 5.75 Å². The van der Waals surface area contributed by atoms with E-state index in [0.29, 0.717) is 12.1 Å². The van der Waals surface area contributed by atoms with Gasteiger partial charge in [-0.3, -0.25) is 0 Å². The van der Waals surface area contributed by atoms with E-state index >= 15 is 0 Å². The summed E-state index contributed by atoms with van der Waals surface area (Å²) < 4.78 is 0.848. The van der Waals surface area contributed by atoms with Gasteiger partial charge in [0.2, 0.25) is 0 Å². The van der Waals surface area contributed by atoms with E-state index < -0.39 is 0 Å². The van der Waals surface area contributed by atoms with Gasteiger partial charge in [-0.2, -0.15) is 5.26 Å². The summed E-state index contributed by atoms with van der Waals surface area (Å²) in [6.45, 7) is 0.508. The Morgan fingerprint density at radius 2 is 2.00 bits per heavy atom. The van der Waals surface area contributed by atoms with Crippen LogP contribution >= 0.6 is 15.9 Å². The third-order valence-corrected chi connectivity index (χ3v) is 2.96. The SMILES string of the molecule is N#Cc1cc(Br)cc(NCc2ccccc2O)c1. The van der Waals surface area contributed by atoms with E-state index in [0.717, 1.165) is 15.7 Å². The second-order valence-corrected chi connectivity index (χ2v) is 4.74. The molecule has 3 nitrogen and oxygen atoms in total. The van der Waals surface area contributed by atoms with Gasteiger partial charge < -0.3 is 10.4 Å². The zero-order valence-electron chi connectivity index (χ0n) is 9.52. The van der Waals surface area contributed by atoms with E-state index in [2.05, 4.69) is 27.3 Å². The number of phenolic OH excluding ortho intramolecular Hbond substituents is 1. The van der Waals surface area contributed by atoms with Gasteiger partial charge in [0.25, 0.3) is 0 Å². The molecule has 0 aliphatic heterocycles. The van der Waals surface area contributed by atoms with Gasteiger partial charge in [-0.25, -0.2) is 0 Å². The van der Waals surface area contributed by atoms with Gasteiger partial charge in [-0.05, 0) is 24.3 Å². The van der Waals surface area contributed by atoms with Crippen LogP contribution in [-0.2, 0) is 6.54 Å². The van der Waals surface area contributed by atoms with Crippen molar-refractivity contribution in [3.63, 3.8) is 0 Å². The minimum absolute atomic E-state index is 0.264. The first kappa shape index (κ1) is 12.5. The van der Waals surface area contributed by atoms with Crippen LogP contribution in [0, 0.1) is 11.3 Å². The molecule has 0 fully saturated rings. The van der Waals surface area contributed by atoms with Gasteiger partial charge in [0.15, 0.2) is 0 Å². The number of hydrogen-bond acceptors (Lipinski definition) is 3. The van der Waals surface area contributed by atoms with Crippen LogP contribution in [0.5, 0.6) is 5.75 Å². The number of aromatic hydroxyl groups is 1. The molecule has 0 aliphatic rings. The molecule has 0 saturated carbocycles. The number of nitrogens with zero attached hydrogens (tertiary/aromatic N) is 1. The van der Waals surface area contributed by atoms with Crippen LogP contribution in [0.1, 0.15) is 11.1 Å². The molecule has 0 heterocycles. The fourth-order valence-electron chi connectivity index (χ4n) is 1.61. The van der Waals surface area contributed by atoms with Crippen molar-refractivity contribution in [3.05, 3.63) is 58.1 Å². The summed E-state index contributed by atoms with van der Waals surface area (Å²) in [5, 5.41) is 21.7. The number of benzene rings is 2. The lowest BCUT2D eigenvalue weighted by Crippen LogP contribution is -1.99. The number of rotatable bonds is 3. The zero-order valence-corrected chi connectivity index (χ0v) is 11.1. The van der Waals surface area contributed by atoms with Gasteiger partial charge in [-0.1, -0.05) is 34.1 Å². The Labute approximate surface area is 114 Å². The number of halogens is 1. The van der Waals surface area contributed by atoms with Crippen molar-refractivity contribution in [2.45, 2.75) is 6.54 Å². The molecule has 2 aromatic rings. The summed E-state index contributed by atoms with van der Waals surface area (Å²) in [6.07, 6.45) is 0. The summed E-state index contributed by atoms with van der Waals surface area (Å²) in [5.41, 5.74) is 2.24. The monoisotopic (exact) mass is 302 g/mol. The molecule has 0 amide bonds. The van der Waals surface area contributed by atoms with Gasteiger partial charge in [0.05, 0.1) is 11.6 Å². The second-order valence-electron chi connectivity index (χ2n) is 3.82. The van der Waals surface area contributed by atoms with Crippen LogP contribution in [0.4, 0.5) is 5.69 Å². The smallest absolute Gasteiger partial charge is 0.120 e. The number of para-hydroxylation sites is 1. The van der Waals surface area contributed by atoms with E-state index in [1.807, 2.05) is 18.2 Å². The zero-order chi connectivity index (χ0) is 13.0. The molecule has 0 aliphatic carbocycles. The van der Waals surface area contributed by atoms with Crippen LogP contribution < -0.4 is 5.32 Å². The molecular weight excluding hydrogens is 292 g/mol. The number of nitrogens with one attached hydrogen (secondary N) is 1. The molecule has 90 valence electrons. The third-order valence-electron chi connectivity index (χ3n) is 2.50. The lowest BCUT2D eigenvalue weighted by molar-refractivity contribution is 0.469. The van der Waals surface area contributed by atoms with Crippen LogP contribution in [0.15, 0.2) is 46.9 Å². The normalized spacial score (nSPS) is 9.78. The van der Waals surface area contributed by atoms with E-state index in [9.17, 15) is 5.11 Å². The van der Waals surface area contributed by atoms with Gasteiger partial charge in [-0.15, -0.1) is 0 Å². The highest BCUT2D eigenvalue weighted by Crippen LogP contribution is 2.21. The summed E-state index contributed by atoms with van der Waals surface area (Å²) in [4.78, 5) is 0. The van der Waals surface area contributed by atoms with Crippen molar-refractivity contribution in [1.29, 1.82) is 5.26 Å². The van der Waals surface area contributed by atoms with E-state index in [1.165, 1.54) is 0 Å². The molecule has 0 aromatic heterocycles. The quantitative estimate of drug-likeness (QED) is 0.910. The molecule has 0 radical (unpaired) electrons. The number of hydrogen-bond donors (Lipinski definition) is 2. The molecule has 0 unspecified atom stereocenters. The van der Waals surface area contributed by atoms with Crippen LogP contribution in [0.2, 0.25) is 0 Å². The highest BCUT2D eigenvalue weighted by atomic mass is 79.9. The lowest BCUT2D eigenvalue weighted by atomic mass is 10.2. The fraction of sp³-hybridized carbons (Fsp3) is 0.0714. The van der Waals surface area contributed by atoms with E-state index in [4.69, 9.17) is 5.26 Å². The lowest BCUT2D eigenvalue weighted by Gasteiger charge is -2.08. The topological polar surface area (TPSA) is 56.0 Å². The summed E-state index contributed by atoms with van der Waals surface area (Å²) >= 11 is 3.35. The maximum Gasteiger partial charge on any atom is 0.120 e. The van der Waals surface area contributed by atoms with Crippen molar-refractivity contribution in [3.8, 4) is 11.8 Å². The van der Waals surface area contributed by atoms with Crippen molar-refractivity contribution in [1.82, 2.24) is 0 Å².